The molecule has 2 aromatic rings. The number of halogens is 2. The number of rotatable bonds is 6. The van der Waals surface area contributed by atoms with E-state index in [1.807, 2.05) is 16.9 Å². The van der Waals surface area contributed by atoms with Crippen LogP contribution in [0.15, 0.2) is 30.5 Å². The van der Waals surface area contributed by atoms with Crippen LogP contribution in [-0.4, -0.2) is 21.0 Å². The normalized spacial score (nSPS) is 14.1. The fourth-order valence-electron chi connectivity index (χ4n) is 2.20. The van der Waals surface area contributed by atoms with Gasteiger partial charge in [-0.3, -0.25) is 4.68 Å². The maximum absolute atomic E-state index is 13.7. The molecule has 21 heavy (non-hydrogen) atoms. The van der Waals surface area contributed by atoms with Crippen LogP contribution in [0.3, 0.4) is 0 Å². The van der Waals surface area contributed by atoms with Crippen LogP contribution in [0.25, 0.3) is 0 Å². The summed E-state index contributed by atoms with van der Waals surface area (Å²) in [6.45, 7) is 4.19. The minimum Gasteiger partial charge on any atom is -0.392 e. The van der Waals surface area contributed by atoms with E-state index in [1.54, 1.807) is 12.1 Å². The van der Waals surface area contributed by atoms with Gasteiger partial charge in [0.1, 0.15) is 5.82 Å². The van der Waals surface area contributed by atoms with Crippen molar-refractivity contribution in [3.8, 4) is 0 Å². The third-order valence-electron chi connectivity index (χ3n) is 3.65. The first-order valence-electron chi connectivity index (χ1n) is 7.16. The van der Waals surface area contributed by atoms with E-state index in [-0.39, 0.29) is 12.2 Å². The molecule has 0 aliphatic heterocycles. The van der Waals surface area contributed by atoms with Gasteiger partial charge in [0.15, 0.2) is 0 Å². The fourth-order valence-corrected chi connectivity index (χ4v) is 2.44. The Morgan fingerprint density at radius 3 is 2.76 bits per heavy atom. The second-order valence-electron chi connectivity index (χ2n) is 5.31. The highest BCUT2D eigenvalue weighted by molar-refractivity contribution is 6.31. The molecule has 0 aliphatic carbocycles. The maximum atomic E-state index is 13.7. The van der Waals surface area contributed by atoms with Gasteiger partial charge < -0.3 is 5.11 Å². The minimum atomic E-state index is -0.709. The molecule has 0 fully saturated rings. The molecule has 114 valence electrons. The topological polar surface area (TPSA) is 38.0 Å². The van der Waals surface area contributed by atoms with Crippen molar-refractivity contribution in [1.29, 1.82) is 0 Å². The molecule has 0 bridgehead atoms. The van der Waals surface area contributed by atoms with Crippen LogP contribution in [-0.2, 0) is 12.8 Å². The van der Waals surface area contributed by atoms with Crippen LogP contribution >= 0.6 is 11.6 Å². The van der Waals surface area contributed by atoms with E-state index in [1.165, 1.54) is 6.07 Å². The van der Waals surface area contributed by atoms with Gasteiger partial charge in [0.2, 0.25) is 0 Å². The van der Waals surface area contributed by atoms with Gasteiger partial charge >= 0.3 is 0 Å². The van der Waals surface area contributed by atoms with Crippen LogP contribution < -0.4 is 0 Å². The number of nitrogens with zero attached hydrogens (tertiary/aromatic N) is 2. The molecule has 2 unspecified atom stereocenters. The molecule has 5 heteroatoms. The minimum absolute atomic E-state index is 0.182. The van der Waals surface area contributed by atoms with E-state index in [4.69, 9.17) is 11.6 Å². The molecule has 0 amide bonds. The Bertz CT molecular complexity index is 579. The Kier molecular flexibility index (Phi) is 5.37. The van der Waals surface area contributed by atoms with Crippen molar-refractivity contribution in [2.75, 3.05) is 0 Å². The fraction of sp³-hybridized carbons (Fsp3) is 0.438. The van der Waals surface area contributed by atoms with Gasteiger partial charge in [-0.2, -0.15) is 5.10 Å². The maximum Gasteiger partial charge on any atom is 0.127 e. The molecule has 2 atom stereocenters. The van der Waals surface area contributed by atoms with Crippen LogP contribution in [0.4, 0.5) is 4.39 Å². The van der Waals surface area contributed by atoms with Gasteiger partial charge in [0.25, 0.3) is 0 Å². The average molecular weight is 311 g/mol. The zero-order valence-corrected chi connectivity index (χ0v) is 13.0. The van der Waals surface area contributed by atoms with Gasteiger partial charge in [0, 0.05) is 35.7 Å². The summed E-state index contributed by atoms with van der Waals surface area (Å²) in [6.07, 6.45) is 2.76. The summed E-state index contributed by atoms with van der Waals surface area (Å²) in [4.78, 5) is 0. The lowest BCUT2D eigenvalue weighted by Gasteiger charge is -2.12. The van der Waals surface area contributed by atoms with Crippen LogP contribution in [0.5, 0.6) is 0 Å². The van der Waals surface area contributed by atoms with Gasteiger partial charge in [-0.15, -0.1) is 0 Å². The van der Waals surface area contributed by atoms with Crippen LogP contribution in [0.1, 0.15) is 37.6 Å². The summed E-state index contributed by atoms with van der Waals surface area (Å²) in [5.74, 6) is -0.383. The van der Waals surface area contributed by atoms with Crippen molar-refractivity contribution in [3.63, 3.8) is 0 Å². The number of benzene rings is 1. The first kappa shape index (κ1) is 16.0. The standard InChI is InChI=1S/C16H20ClFN2O/c1-3-11(2)20-8-7-12(19-20)9-13(21)10-14-15(17)5-4-6-16(14)18/h4-8,11,13,21H,3,9-10H2,1-2H3. The molecule has 1 aromatic heterocycles. The summed E-state index contributed by atoms with van der Waals surface area (Å²) in [6, 6.07) is 6.76. The predicted octanol–water partition coefficient (Wildman–Crippen LogP) is 3.79. The Labute approximate surface area is 129 Å². The van der Waals surface area contributed by atoms with Gasteiger partial charge in [-0.1, -0.05) is 24.6 Å². The quantitative estimate of drug-likeness (QED) is 0.881. The molecule has 1 heterocycles. The van der Waals surface area contributed by atoms with Crippen molar-refractivity contribution in [2.45, 2.75) is 45.3 Å². The summed E-state index contributed by atoms with van der Waals surface area (Å²) < 4.78 is 15.6. The smallest absolute Gasteiger partial charge is 0.127 e. The number of aliphatic hydroxyl groups is 1. The van der Waals surface area contributed by atoms with Crippen LogP contribution in [0, 0.1) is 5.82 Å². The summed E-state index contributed by atoms with van der Waals surface area (Å²) in [5, 5.41) is 14.9. The van der Waals surface area contributed by atoms with E-state index in [0.717, 1.165) is 12.1 Å². The van der Waals surface area contributed by atoms with E-state index in [0.29, 0.717) is 23.0 Å². The van der Waals surface area contributed by atoms with Crippen molar-refractivity contribution < 1.29 is 9.50 Å². The first-order chi connectivity index (χ1) is 10.0. The summed E-state index contributed by atoms with van der Waals surface area (Å²) >= 11 is 5.97. The molecule has 0 spiro atoms. The van der Waals surface area contributed by atoms with Gasteiger partial charge in [-0.05, 0) is 31.5 Å². The highest BCUT2D eigenvalue weighted by atomic mass is 35.5. The van der Waals surface area contributed by atoms with Crippen molar-refractivity contribution in [3.05, 3.63) is 52.6 Å². The first-order valence-corrected chi connectivity index (χ1v) is 7.54. The lowest BCUT2D eigenvalue weighted by Crippen LogP contribution is -2.16. The van der Waals surface area contributed by atoms with Crippen LogP contribution in [0.2, 0.25) is 5.02 Å². The number of hydrogen-bond donors (Lipinski definition) is 1. The Balaban J connectivity index is 2.02. The van der Waals surface area contributed by atoms with Gasteiger partial charge in [0.05, 0.1) is 11.8 Å². The van der Waals surface area contributed by atoms with E-state index in [2.05, 4.69) is 18.9 Å². The summed E-state index contributed by atoms with van der Waals surface area (Å²) in [7, 11) is 0. The summed E-state index contributed by atoms with van der Waals surface area (Å²) in [5.41, 5.74) is 1.16. The highest BCUT2D eigenvalue weighted by Gasteiger charge is 2.15. The van der Waals surface area contributed by atoms with E-state index in [9.17, 15) is 9.50 Å². The molecule has 2 rings (SSSR count). The molecule has 3 nitrogen and oxygen atoms in total. The van der Waals surface area contributed by atoms with Crippen molar-refractivity contribution in [1.82, 2.24) is 9.78 Å². The molecule has 0 saturated carbocycles. The molecule has 0 aliphatic rings. The highest BCUT2D eigenvalue weighted by Crippen LogP contribution is 2.21. The lowest BCUT2D eigenvalue weighted by atomic mass is 10.0. The number of aromatic nitrogens is 2. The third-order valence-corrected chi connectivity index (χ3v) is 4.01. The Morgan fingerprint density at radius 1 is 1.33 bits per heavy atom. The van der Waals surface area contributed by atoms with E-state index >= 15 is 0 Å². The molecule has 1 aromatic carbocycles. The molecule has 1 N–H and O–H groups in total. The number of aliphatic hydroxyl groups excluding tert-OH is 1. The SMILES string of the molecule is CCC(C)n1ccc(CC(O)Cc2c(F)cccc2Cl)n1. The molecular weight excluding hydrogens is 291 g/mol. The average Bonchev–Trinajstić information content (AvgIpc) is 2.90. The number of hydrogen-bond acceptors (Lipinski definition) is 2. The zero-order valence-electron chi connectivity index (χ0n) is 12.3. The Morgan fingerprint density at radius 2 is 2.10 bits per heavy atom. The zero-order chi connectivity index (χ0) is 15.4. The van der Waals surface area contributed by atoms with E-state index < -0.39 is 6.10 Å². The second kappa shape index (κ2) is 7.05. The molecule has 0 radical (unpaired) electrons. The Hall–Kier alpha value is -1.39. The monoisotopic (exact) mass is 310 g/mol. The lowest BCUT2D eigenvalue weighted by molar-refractivity contribution is 0.172. The molecule has 0 saturated heterocycles. The van der Waals surface area contributed by atoms with Crippen molar-refractivity contribution >= 4 is 11.6 Å². The molecular formula is C16H20ClFN2O. The van der Waals surface area contributed by atoms with Gasteiger partial charge in [-0.25, -0.2) is 4.39 Å². The van der Waals surface area contributed by atoms with Crippen molar-refractivity contribution in [2.24, 2.45) is 0 Å². The largest absolute Gasteiger partial charge is 0.392 e. The second-order valence-corrected chi connectivity index (χ2v) is 5.71. The third kappa shape index (κ3) is 4.05. The predicted molar refractivity (Wildman–Crippen MR) is 82.1 cm³/mol.